The summed E-state index contributed by atoms with van der Waals surface area (Å²) in [5.41, 5.74) is 6.10. The van der Waals surface area contributed by atoms with Gasteiger partial charge in [-0.1, -0.05) is 23.2 Å². The minimum absolute atomic E-state index is 0.0339. The highest BCUT2D eigenvalue weighted by atomic mass is 35.5. The van der Waals surface area contributed by atoms with Gasteiger partial charge in [-0.15, -0.1) is 0 Å². The van der Waals surface area contributed by atoms with Gasteiger partial charge in [0.05, 0.1) is 16.3 Å². The Labute approximate surface area is 141 Å². The number of hydrogen-bond acceptors (Lipinski definition) is 4. The summed E-state index contributed by atoms with van der Waals surface area (Å²) in [6.45, 7) is -0.547. The zero-order chi connectivity index (χ0) is 17.0. The molecule has 0 aromatic heterocycles. The maximum atomic E-state index is 12.9. The van der Waals surface area contributed by atoms with Gasteiger partial charge < -0.3 is 15.8 Å². The molecular weight excluding hydrogens is 346 g/mol. The molecule has 2 aromatic carbocycles. The minimum Gasteiger partial charge on any atom is -0.452 e. The molecular formula is C15H11Cl2FN2O3. The third kappa shape index (κ3) is 4.58. The standard InChI is InChI=1S/C15H11Cl2FN2O3/c16-8-1-3-10(12(19)5-8)15(22)23-7-14(21)20-13-4-2-9(18)6-11(13)17/h1-6H,7,19H2,(H,20,21). The van der Waals surface area contributed by atoms with E-state index in [9.17, 15) is 14.0 Å². The second-order valence-electron chi connectivity index (χ2n) is 4.48. The van der Waals surface area contributed by atoms with Crippen LogP contribution in [-0.2, 0) is 9.53 Å². The van der Waals surface area contributed by atoms with E-state index >= 15 is 0 Å². The van der Waals surface area contributed by atoms with Crippen LogP contribution in [-0.4, -0.2) is 18.5 Å². The Kier molecular flexibility index (Phi) is 5.41. The van der Waals surface area contributed by atoms with Crippen molar-refractivity contribution in [1.82, 2.24) is 0 Å². The first-order valence-corrected chi connectivity index (χ1v) is 7.09. The molecule has 0 aliphatic rings. The molecule has 0 spiro atoms. The van der Waals surface area contributed by atoms with Crippen LogP contribution in [0.4, 0.5) is 15.8 Å². The van der Waals surface area contributed by atoms with Gasteiger partial charge in [-0.2, -0.15) is 0 Å². The number of nitrogens with two attached hydrogens (primary N) is 1. The SMILES string of the molecule is Nc1cc(Cl)ccc1C(=O)OCC(=O)Nc1ccc(F)cc1Cl. The van der Waals surface area contributed by atoms with Crippen molar-refractivity contribution in [1.29, 1.82) is 0 Å². The third-order valence-electron chi connectivity index (χ3n) is 2.77. The summed E-state index contributed by atoms with van der Waals surface area (Å²) in [6, 6.07) is 7.77. The fourth-order valence-corrected chi connectivity index (χ4v) is 2.10. The summed E-state index contributed by atoms with van der Waals surface area (Å²) < 4.78 is 17.8. The molecule has 120 valence electrons. The molecule has 0 heterocycles. The number of benzene rings is 2. The molecule has 0 saturated heterocycles. The van der Waals surface area contributed by atoms with Crippen LogP contribution in [0.5, 0.6) is 0 Å². The second-order valence-corrected chi connectivity index (χ2v) is 5.32. The normalized spacial score (nSPS) is 10.2. The average Bonchev–Trinajstić information content (AvgIpc) is 2.48. The molecule has 0 atom stereocenters. The number of ether oxygens (including phenoxy) is 1. The van der Waals surface area contributed by atoms with Gasteiger partial charge in [0.2, 0.25) is 0 Å². The average molecular weight is 357 g/mol. The molecule has 5 nitrogen and oxygen atoms in total. The van der Waals surface area contributed by atoms with E-state index < -0.39 is 24.3 Å². The largest absolute Gasteiger partial charge is 0.452 e. The number of carbonyl (C=O) groups excluding carboxylic acids is 2. The van der Waals surface area contributed by atoms with Crippen molar-refractivity contribution in [3.05, 3.63) is 57.8 Å². The minimum atomic E-state index is -0.764. The molecule has 2 rings (SSSR count). The first kappa shape index (κ1) is 17.1. The number of nitrogen functional groups attached to an aromatic ring is 1. The van der Waals surface area contributed by atoms with Crippen molar-refractivity contribution in [2.24, 2.45) is 0 Å². The molecule has 2 aromatic rings. The lowest BCUT2D eigenvalue weighted by atomic mass is 10.2. The Morgan fingerprint density at radius 1 is 1.17 bits per heavy atom. The summed E-state index contributed by atoms with van der Waals surface area (Å²) in [4.78, 5) is 23.6. The number of nitrogens with one attached hydrogen (secondary N) is 1. The van der Waals surface area contributed by atoms with E-state index in [1.54, 1.807) is 0 Å². The molecule has 0 fully saturated rings. The Morgan fingerprint density at radius 3 is 2.57 bits per heavy atom. The molecule has 23 heavy (non-hydrogen) atoms. The number of rotatable bonds is 4. The predicted octanol–water partition coefficient (Wildman–Crippen LogP) is 3.51. The van der Waals surface area contributed by atoms with Crippen molar-refractivity contribution in [2.45, 2.75) is 0 Å². The topological polar surface area (TPSA) is 81.4 Å². The maximum absolute atomic E-state index is 12.9. The van der Waals surface area contributed by atoms with Crippen LogP contribution < -0.4 is 11.1 Å². The van der Waals surface area contributed by atoms with Crippen molar-refractivity contribution in [2.75, 3.05) is 17.7 Å². The van der Waals surface area contributed by atoms with Crippen LogP contribution in [0, 0.1) is 5.82 Å². The van der Waals surface area contributed by atoms with Gasteiger partial charge in [0.15, 0.2) is 6.61 Å². The molecule has 3 N–H and O–H groups in total. The predicted molar refractivity (Wildman–Crippen MR) is 86.2 cm³/mol. The summed E-state index contributed by atoms with van der Waals surface area (Å²) >= 11 is 11.5. The van der Waals surface area contributed by atoms with Gasteiger partial charge in [-0.05, 0) is 36.4 Å². The number of hydrogen-bond donors (Lipinski definition) is 2. The number of anilines is 2. The summed E-state index contributed by atoms with van der Waals surface area (Å²) in [5, 5.41) is 2.81. The molecule has 8 heteroatoms. The van der Waals surface area contributed by atoms with Gasteiger partial charge in [0, 0.05) is 10.7 Å². The van der Waals surface area contributed by atoms with Gasteiger partial charge in [-0.25, -0.2) is 9.18 Å². The van der Waals surface area contributed by atoms with Gasteiger partial charge >= 0.3 is 5.97 Å². The van der Waals surface area contributed by atoms with E-state index in [1.807, 2.05) is 0 Å². The monoisotopic (exact) mass is 356 g/mol. The van der Waals surface area contributed by atoms with Crippen LogP contribution >= 0.6 is 23.2 Å². The Balaban J connectivity index is 1.94. The van der Waals surface area contributed by atoms with E-state index in [0.29, 0.717) is 5.02 Å². The van der Waals surface area contributed by atoms with Gasteiger partial charge in [-0.3, -0.25) is 4.79 Å². The lowest BCUT2D eigenvalue weighted by molar-refractivity contribution is -0.119. The molecule has 0 aliphatic carbocycles. The van der Waals surface area contributed by atoms with E-state index in [1.165, 1.54) is 24.3 Å². The first-order valence-electron chi connectivity index (χ1n) is 6.34. The highest BCUT2D eigenvalue weighted by Gasteiger charge is 2.14. The summed E-state index contributed by atoms with van der Waals surface area (Å²) in [6.07, 6.45) is 0. The molecule has 0 aliphatic heterocycles. The first-order chi connectivity index (χ1) is 10.9. The van der Waals surface area contributed by atoms with Gasteiger partial charge in [0.1, 0.15) is 5.82 Å². The highest BCUT2D eigenvalue weighted by Crippen LogP contribution is 2.22. The number of halogens is 3. The lowest BCUT2D eigenvalue weighted by Crippen LogP contribution is -2.21. The van der Waals surface area contributed by atoms with E-state index in [-0.39, 0.29) is 22.0 Å². The summed E-state index contributed by atoms with van der Waals surface area (Å²) in [7, 11) is 0. The fraction of sp³-hybridized carbons (Fsp3) is 0.0667. The van der Waals surface area contributed by atoms with Crippen molar-refractivity contribution in [3.63, 3.8) is 0 Å². The van der Waals surface area contributed by atoms with E-state index in [0.717, 1.165) is 12.1 Å². The number of carbonyl (C=O) groups is 2. The Morgan fingerprint density at radius 2 is 1.91 bits per heavy atom. The van der Waals surface area contributed by atoms with Crippen molar-refractivity contribution in [3.8, 4) is 0 Å². The lowest BCUT2D eigenvalue weighted by Gasteiger charge is -2.09. The highest BCUT2D eigenvalue weighted by molar-refractivity contribution is 6.33. The number of amides is 1. The molecule has 0 radical (unpaired) electrons. The van der Waals surface area contributed by atoms with Crippen LogP contribution in [0.25, 0.3) is 0 Å². The third-order valence-corrected chi connectivity index (χ3v) is 3.32. The zero-order valence-electron chi connectivity index (χ0n) is 11.6. The maximum Gasteiger partial charge on any atom is 0.340 e. The summed E-state index contributed by atoms with van der Waals surface area (Å²) in [5.74, 6) is -1.92. The number of esters is 1. The second kappa shape index (κ2) is 7.30. The molecule has 0 unspecified atom stereocenters. The van der Waals surface area contributed by atoms with Crippen LogP contribution in [0.2, 0.25) is 10.0 Å². The van der Waals surface area contributed by atoms with Crippen LogP contribution in [0.15, 0.2) is 36.4 Å². The smallest absolute Gasteiger partial charge is 0.340 e. The molecule has 1 amide bonds. The Hall–Kier alpha value is -2.31. The zero-order valence-corrected chi connectivity index (χ0v) is 13.1. The van der Waals surface area contributed by atoms with E-state index in [2.05, 4.69) is 5.32 Å². The van der Waals surface area contributed by atoms with Crippen LogP contribution in [0.3, 0.4) is 0 Å². The van der Waals surface area contributed by atoms with E-state index in [4.69, 9.17) is 33.7 Å². The quantitative estimate of drug-likeness (QED) is 0.648. The molecule has 0 bridgehead atoms. The van der Waals surface area contributed by atoms with Crippen molar-refractivity contribution < 1.29 is 18.7 Å². The van der Waals surface area contributed by atoms with Crippen LogP contribution in [0.1, 0.15) is 10.4 Å². The molecule has 0 saturated carbocycles. The Bertz CT molecular complexity index is 768. The van der Waals surface area contributed by atoms with Gasteiger partial charge in [0.25, 0.3) is 5.91 Å². The van der Waals surface area contributed by atoms with Crippen molar-refractivity contribution >= 4 is 46.5 Å². The fourth-order valence-electron chi connectivity index (χ4n) is 1.71.